The van der Waals surface area contributed by atoms with Crippen molar-refractivity contribution in [3.8, 4) is 51.6 Å². The van der Waals surface area contributed by atoms with E-state index in [1.807, 2.05) is 78.1 Å². The Morgan fingerprint density at radius 1 is 0.247 bits per heavy atom. The molecule has 0 saturated heterocycles. The van der Waals surface area contributed by atoms with Crippen molar-refractivity contribution in [2.75, 3.05) is 14.7 Å². The van der Waals surface area contributed by atoms with Gasteiger partial charge in [0.05, 0.1) is 72.6 Å². The topological polar surface area (TPSA) is 69.3 Å². The molecule has 0 fully saturated rings. The molecule has 0 unspecified atom stereocenters. The number of ketones is 1. The van der Waals surface area contributed by atoms with E-state index in [0.29, 0.717) is 0 Å². The molecule has 21 aromatic carbocycles. The molecule has 9 aliphatic heterocycles. The fourth-order valence-corrected chi connectivity index (χ4v) is 28.9. The highest BCUT2D eigenvalue weighted by Gasteiger charge is 2.50. The average Bonchev–Trinajstić information content (AvgIpc) is 0.706. The minimum Gasteiger partial charge on any atom is -0.453 e. The van der Waals surface area contributed by atoms with E-state index in [1.165, 1.54) is 113 Å². The molecular formula is C135H89B3N6O4S2. The summed E-state index contributed by atoms with van der Waals surface area (Å²) in [5, 5.41) is 6.97. The first-order valence-corrected chi connectivity index (χ1v) is 53.2. The van der Waals surface area contributed by atoms with Crippen LogP contribution in [0.25, 0.3) is 88.1 Å². The van der Waals surface area contributed by atoms with Gasteiger partial charge in [0.25, 0.3) is 0 Å². The van der Waals surface area contributed by atoms with Gasteiger partial charge >= 0.3 is 0 Å². The maximum atomic E-state index is 13.6. The molecule has 0 aliphatic carbocycles. The van der Waals surface area contributed by atoms with Crippen LogP contribution in [0.2, 0.25) is 0 Å². The van der Waals surface area contributed by atoms with Gasteiger partial charge in [-0.25, -0.2) is 0 Å². The second kappa shape index (κ2) is 32.8. The van der Waals surface area contributed by atoms with Crippen molar-refractivity contribution in [3.05, 3.63) is 506 Å². The van der Waals surface area contributed by atoms with E-state index >= 15 is 0 Å². The molecule has 0 N–H and O–H groups in total. The van der Waals surface area contributed by atoms with E-state index in [2.05, 4.69) is 463 Å². The summed E-state index contributed by atoms with van der Waals surface area (Å²) in [6.45, 7) is 14.6. The van der Waals surface area contributed by atoms with E-state index in [1.54, 1.807) is 0 Å². The number of fused-ring (bicyclic) bond motifs is 29. The summed E-state index contributed by atoms with van der Waals surface area (Å²) >= 11 is 3.81. The zero-order valence-electron chi connectivity index (χ0n) is 82.4. The molecular weight excluding hydrogens is 1870 g/mol. The van der Waals surface area contributed by atoms with Crippen LogP contribution in [-0.2, 0) is 10.8 Å². The van der Waals surface area contributed by atoms with Crippen LogP contribution in [0.5, 0.6) is 34.5 Å². The summed E-state index contributed by atoms with van der Waals surface area (Å²) in [5.74, 6) is 5.18. The number of nitrogens with zero attached hydrogens (tertiary/aromatic N) is 6. The fourth-order valence-electron chi connectivity index (χ4n) is 26.4. The molecule has 150 heavy (non-hydrogen) atoms. The molecule has 9 aliphatic rings. The Labute approximate surface area is 877 Å². The van der Waals surface area contributed by atoms with Crippen molar-refractivity contribution in [2.45, 2.75) is 58.1 Å². The van der Waals surface area contributed by atoms with Gasteiger partial charge in [-0.15, -0.1) is 0 Å². The lowest BCUT2D eigenvalue weighted by Crippen LogP contribution is -2.66. The first kappa shape index (κ1) is 86.4. The van der Waals surface area contributed by atoms with Crippen LogP contribution in [-0.4, -0.2) is 39.6 Å². The smallest absolute Gasteiger partial charge is 0.247 e. The first-order chi connectivity index (χ1) is 73.8. The third-order valence-corrected chi connectivity index (χ3v) is 35.3. The zero-order valence-corrected chi connectivity index (χ0v) is 84.0. The van der Waals surface area contributed by atoms with Crippen molar-refractivity contribution in [3.63, 3.8) is 0 Å². The zero-order chi connectivity index (χ0) is 99.4. The van der Waals surface area contributed by atoms with Gasteiger partial charge in [0.15, 0.2) is 40.3 Å². The largest absolute Gasteiger partial charge is 0.453 e. The van der Waals surface area contributed by atoms with E-state index in [-0.39, 0.29) is 36.8 Å². The molecule has 0 atom stereocenters. The number of carbonyl (C=O) groups excluding carboxylic acids is 1. The summed E-state index contributed by atoms with van der Waals surface area (Å²) in [6.07, 6.45) is 0. The van der Waals surface area contributed by atoms with Gasteiger partial charge in [-0.05, 0) is 232 Å². The number of benzene rings is 21. The lowest BCUT2D eigenvalue weighted by molar-refractivity contribution is 0.104. The molecule has 10 nitrogen and oxygen atoms in total. The summed E-state index contributed by atoms with van der Waals surface area (Å²) in [4.78, 5) is 26.0. The molecule has 0 radical (unpaired) electrons. The van der Waals surface area contributed by atoms with Crippen LogP contribution in [0.15, 0.2) is 481 Å². The average molecular weight is 1960 g/mol. The van der Waals surface area contributed by atoms with Crippen molar-refractivity contribution in [1.82, 2.24) is 13.7 Å². The van der Waals surface area contributed by atoms with Crippen molar-refractivity contribution in [1.29, 1.82) is 0 Å². The molecule has 15 heteroatoms. The van der Waals surface area contributed by atoms with Crippen LogP contribution < -0.4 is 78.1 Å². The highest BCUT2D eigenvalue weighted by atomic mass is 32.2. The second-order valence-corrected chi connectivity index (χ2v) is 43.6. The number of rotatable bonds is 6. The van der Waals surface area contributed by atoms with Crippen molar-refractivity contribution < 1.29 is 19.0 Å². The summed E-state index contributed by atoms with van der Waals surface area (Å²) in [7, 11) is 0. The first-order valence-electron chi connectivity index (χ1n) is 51.6. The quantitative estimate of drug-likeness (QED) is 0.151. The summed E-state index contributed by atoms with van der Waals surface area (Å²) < 4.78 is 27.7. The molecule has 0 amide bonds. The molecule has 0 spiro atoms. The van der Waals surface area contributed by atoms with Crippen LogP contribution in [0.1, 0.15) is 77.0 Å². The van der Waals surface area contributed by atoms with Crippen molar-refractivity contribution in [2.24, 2.45) is 0 Å². The van der Waals surface area contributed by atoms with Gasteiger partial charge in [0.2, 0.25) is 20.1 Å². The fraction of sp³-hybridized carbons (Fsp3) is 0.0444. The van der Waals surface area contributed by atoms with E-state index < -0.39 is 0 Å². The number of para-hydroxylation sites is 12. The van der Waals surface area contributed by atoms with Gasteiger partial charge in [0, 0.05) is 103 Å². The monoisotopic (exact) mass is 1950 g/mol. The molecule has 704 valence electrons. The number of aromatic nitrogens is 3. The predicted molar refractivity (Wildman–Crippen MR) is 623 cm³/mol. The van der Waals surface area contributed by atoms with Crippen LogP contribution in [0, 0.1) is 0 Å². The maximum Gasteiger partial charge on any atom is 0.247 e. The Morgan fingerprint density at radius 2 is 0.687 bits per heavy atom. The summed E-state index contributed by atoms with van der Waals surface area (Å²) in [5.41, 5.74) is 41.5. The van der Waals surface area contributed by atoms with Gasteiger partial charge in [0.1, 0.15) is 0 Å². The number of anilines is 9. The predicted octanol–water partition coefficient (Wildman–Crippen LogP) is 28.8. The van der Waals surface area contributed by atoms with Gasteiger partial charge in [-0.1, -0.05) is 369 Å². The number of hydrogen-bond donors (Lipinski definition) is 0. The maximum absolute atomic E-state index is 13.6. The lowest BCUT2D eigenvalue weighted by atomic mass is 9.27. The molecule has 24 aromatic rings. The van der Waals surface area contributed by atoms with E-state index in [4.69, 9.17) is 14.2 Å². The lowest BCUT2D eigenvalue weighted by Gasteiger charge is -2.46. The van der Waals surface area contributed by atoms with Gasteiger partial charge in [-0.3, -0.25) is 4.79 Å². The Hall–Kier alpha value is -17.9. The standard InChI is InChI=1S/C48H37BN2O.C45H27BN2O2.C42H25BN2OS2/c1-47(2)34-18-9-10-21-38(34)49-39-27-25-31(29-37(39)48(3,4)36-20-14-19-35(47)44(36)49)51-40-22-11-8-17-32(40)33-26-28-42-46(45(33)51)52-43-24-13-12-23-41(43)50(42)30-15-6-5-7-16-30;1-27-30-16-11-17-33-43(30)46(35-18-7-5-14-31(35)44(33)49)36-23-22-29(26-34(27)36)48-37-19-8-6-15-32(37)42-39(48)24-25-40-45(42)50-41-21-10-9-20-38(41)47(40)28-12-3-2-4-13-28;1-2-11-26(12-3-1)44-33-16-7-8-17-36(33)46-37-24-29-28-13-4-6-15-32(28)45(34(29)25-35(37)44)27-21-22-31-41(23-27)48-40-20-10-19-39-42(40)43(31)30-14-5-9-18-38(30)47-39/h5-29H,1-4H3;2-26H,1H2;1-25H. The SMILES string of the molecule is C=C1c2cc(-n3c4ccccc4c4c5c(ccc43)N(c3ccccc3)c3ccccc3O5)ccc2B2c3ccccc3C(=O)c3cccc1c32.CC1(C)c2ccccc2B2c3ccc(-n4c5ccccc5c5ccc6c(c54)Oc4ccccc4N6c4ccccc4)cc3C(C)(C)c3cccc1c32.c1ccc(N2c3ccccc3Oc3cc4c5ccccc5n(-c5ccc6c(c5)Sc5cccc7c5B6c5ccccc5S7)c4cc32)cc1. The third kappa shape index (κ3) is 12.5. The van der Waals surface area contributed by atoms with Crippen LogP contribution >= 0.6 is 23.5 Å². The Kier molecular flexibility index (Phi) is 18.9. The molecule has 0 saturated carbocycles. The normalized spacial score (nSPS) is 14.4. The number of ether oxygens (including phenoxy) is 3. The Morgan fingerprint density at radius 3 is 1.37 bits per heavy atom. The number of hydrogen-bond acceptors (Lipinski definition) is 9. The Balaban J connectivity index is 0.000000101. The summed E-state index contributed by atoms with van der Waals surface area (Å²) in [6, 6.07) is 163. The highest BCUT2D eigenvalue weighted by molar-refractivity contribution is 8.01. The van der Waals surface area contributed by atoms with E-state index in [0.717, 1.165) is 174 Å². The third-order valence-electron chi connectivity index (χ3n) is 33.0. The van der Waals surface area contributed by atoms with E-state index in [9.17, 15) is 4.79 Å². The van der Waals surface area contributed by atoms with Crippen LogP contribution in [0.4, 0.5) is 51.2 Å². The molecule has 12 heterocycles. The van der Waals surface area contributed by atoms with Crippen molar-refractivity contribution >= 4 is 221 Å². The minimum atomic E-state index is -0.201. The molecule has 0 bridgehead atoms. The van der Waals surface area contributed by atoms with Gasteiger partial charge < -0.3 is 42.6 Å². The molecule has 3 aromatic heterocycles. The van der Waals surface area contributed by atoms with Crippen LogP contribution in [0.3, 0.4) is 0 Å². The highest BCUT2D eigenvalue weighted by Crippen LogP contribution is 2.60. The Bertz CT molecular complexity index is 10000. The molecule has 33 rings (SSSR count). The number of carbonyl (C=O) groups is 1. The minimum absolute atomic E-state index is 0.0349. The van der Waals surface area contributed by atoms with Gasteiger partial charge in [-0.2, -0.15) is 0 Å². The second-order valence-electron chi connectivity index (χ2n) is 41.5.